The van der Waals surface area contributed by atoms with E-state index in [2.05, 4.69) is 30.8 Å². The van der Waals surface area contributed by atoms with Gasteiger partial charge in [-0.3, -0.25) is 4.68 Å². The number of benzene rings is 1. The molecule has 0 saturated carbocycles. The summed E-state index contributed by atoms with van der Waals surface area (Å²) >= 11 is 0. The fraction of sp³-hybridized carbons (Fsp3) is 0.353. The van der Waals surface area contributed by atoms with Gasteiger partial charge >= 0.3 is 0 Å². The summed E-state index contributed by atoms with van der Waals surface area (Å²) in [6.07, 6.45) is 3.04. The Morgan fingerprint density at radius 1 is 1.29 bits per heavy atom. The van der Waals surface area contributed by atoms with Gasteiger partial charge in [0.15, 0.2) is 0 Å². The van der Waals surface area contributed by atoms with Crippen molar-refractivity contribution in [3.05, 3.63) is 47.8 Å². The first kappa shape index (κ1) is 15.1. The molecule has 1 unspecified atom stereocenters. The SMILES string of the molecule is CCC(C)n1ccc(COc2ccc(C#CCO)cc2)n1. The van der Waals surface area contributed by atoms with Crippen molar-refractivity contribution >= 4 is 0 Å². The number of aromatic nitrogens is 2. The van der Waals surface area contributed by atoms with Crippen LogP contribution in [0.5, 0.6) is 5.75 Å². The molecule has 0 bridgehead atoms. The lowest BCUT2D eigenvalue weighted by atomic mass is 10.2. The Morgan fingerprint density at radius 3 is 2.71 bits per heavy atom. The largest absolute Gasteiger partial charge is 0.487 e. The average Bonchev–Trinajstić information content (AvgIpc) is 3.00. The quantitative estimate of drug-likeness (QED) is 0.859. The highest BCUT2D eigenvalue weighted by Gasteiger charge is 2.05. The molecule has 0 radical (unpaired) electrons. The maximum absolute atomic E-state index is 8.64. The van der Waals surface area contributed by atoms with E-state index in [-0.39, 0.29) is 6.61 Å². The minimum Gasteiger partial charge on any atom is -0.487 e. The summed E-state index contributed by atoms with van der Waals surface area (Å²) in [7, 11) is 0. The monoisotopic (exact) mass is 284 g/mol. The lowest BCUT2D eigenvalue weighted by Crippen LogP contribution is -2.05. The molecule has 0 saturated heterocycles. The molecule has 0 fully saturated rings. The van der Waals surface area contributed by atoms with E-state index in [1.807, 2.05) is 41.2 Å². The second-order valence-corrected chi connectivity index (χ2v) is 4.82. The summed E-state index contributed by atoms with van der Waals surface area (Å²) < 4.78 is 7.67. The Kier molecular flexibility index (Phi) is 5.42. The third-order valence-corrected chi connectivity index (χ3v) is 3.26. The fourth-order valence-corrected chi connectivity index (χ4v) is 1.82. The van der Waals surface area contributed by atoms with Crippen LogP contribution in [0.25, 0.3) is 0 Å². The van der Waals surface area contributed by atoms with Gasteiger partial charge in [0.2, 0.25) is 0 Å². The van der Waals surface area contributed by atoms with E-state index in [0.29, 0.717) is 12.6 Å². The maximum Gasteiger partial charge on any atom is 0.132 e. The first-order valence-electron chi connectivity index (χ1n) is 7.09. The molecule has 0 spiro atoms. The molecule has 0 aliphatic rings. The zero-order valence-corrected chi connectivity index (χ0v) is 12.4. The van der Waals surface area contributed by atoms with E-state index in [4.69, 9.17) is 9.84 Å². The summed E-state index contributed by atoms with van der Waals surface area (Å²) in [5.74, 6) is 6.24. The standard InChI is InChI=1S/C17H20N2O2/c1-3-14(2)19-11-10-16(18-19)13-21-17-8-6-15(7-9-17)5-4-12-20/h6-11,14,20H,3,12-13H2,1-2H3. The molecule has 1 aromatic heterocycles. The van der Waals surface area contributed by atoms with E-state index in [1.54, 1.807) is 0 Å². The summed E-state index contributed by atoms with van der Waals surface area (Å²) in [4.78, 5) is 0. The molecule has 1 atom stereocenters. The van der Waals surface area contributed by atoms with Gasteiger partial charge in [-0.2, -0.15) is 5.10 Å². The Bertz CT molecular complexity index is 620. The van der Waals surface area contributed by atoms with Gasteiger partial charge in [-0.15, -0.1) is 0 Å². The Labute approximate surface area is 125 Å². The Hall–Kier alpha value is -2.25. The van der Waals surface area contributed by atoms with Crippen LogP contribution in [0.4, 0.5) is 0 Å². The lowest BCUT2D eigenvalue weighted by Gasteiger charge is -2.08. The van der Waals surface area contributed by atoms with Crippen LogP contribution in [0.1, 0.15) is 37.6 Å². The summed E-state index contributed by atoms with van der Waals surface area (Å²) in [5.41, 5.74) is 1.77. The highest BCUT2D eigenvalue weighted by atomic mass is 16.5. The smallest absolute Gasteiger partial charge is 0.132 e. The number of ether oxygens (including phenoxy) is 1. The van der Waals surface area contributed by atoms with E-state index < -0.39 is 0 Å². The summed E-state index contributed by atoms with van der Waals surface area (Å²) in [5, 5.41) is 13.1. The Morgan fingerprint density at radius 2 is 2.05 bits per heavy atom. The first-order valence-corrected chi connectivity index (χ1v) is 7.09. The molecule has 110 valence electrons. The number of aliphatic hydroxyl groups excluding tert-OH is 1. The van der Waals surface area contributed by atoms with Gasteiger partial charge in [0.05, 0.1) is 5.69 Å². The van der Waals surface area contributed by atoms with E-state index >= 15 is 0 Å². The fourth-order valence-electron chi connectivity index (χ4n) is 1.82. The zero-order chi connectivity index (χ0) is 15.1. The van der Waals surface area contributed by atoms with E-state index in [0.717, 1.165) is 23.4 Å². The third kappa shape index (κ3) is 4.37. The molecule has 21 heavy (non-hydrogen) atoms. The number of nitrogens with zero attached hydrogens (tertiary/aromatic N) is 2. The molecule has 4 nitrogen and oxygen atoms in total. The van der Waals surface area contributed by atoms with Crippen LogP contribution in [0, 0.1) is 11.8 Å². The van der Waals surface area contributed by atoms with Crippen LogP contribution in [-0.2, 0) is 6.61 Å². The van der Waals surface area contributed by atoms with Gasteiger partial charge in [0.25, 0.3) is 0 Å². The first-order chi connectivity index (χ1) is 10.2. The van der Waals surface area contributed by atoms with E-state index in [9.17, 15) is 0 Å². The molecule has 0 aliphatic carbocycles. The minimum absolute atomic E-state index is 0.128. The molecule has 0 aliphatic heterocycles. The van der Waals surface area contributed by atoms with Gasteiger partial charge in [0, 0.05) is 17.8 Å². The minimum atomic E-state index is -0.128. The molecule has 1 aromatic carbocycles. The highest BCUT2D eigenvalue weighted by Crippen LogP contribution is 2.14. The predicted molar refractivity (Wildman–Crippen MR) is 82.0 cm³/mol. The van der Waals surface area contributed by atoms with Gasteiger partial charge in [-0.25, -0.2) is 0 Å². The predicted octanol–water partition coefficient (Wildman–Crippen LogP) is 2.78. The van der Waals surface area contributed by atoms with Gasteiger partial charge in [-0.1, -0.05) is 18.8 Å². The second kappa shape index (κ2) is 7.51. The van der Waals surface area contributed by atoms with Crippen LogP contribution in [0.3, 0.4) is 0 Å². The van der Waals surface area contributed by atoms with Crippen molar-refractivity contribution < 1.29 is 9.84 Å². The van der Waals surface area contributed by atoms with Crippen molar-refractivity contribution in [2.75, 3.05) is 6.61 Å². The number of hydrogen-bond donors (Lipinski definition) is 1. The maximum atomic E-state index is 8.64. The average molecular weight is 284 g/mol. The second-order valence-electron chi connectivity index (χ2n) is 4.82. The van der Waals surface area contributed by atoms with Crippen LogP contribution < -0.4 is 4.74 Å². The Balaban J connectivity index is 1.92. The third-order valence-electron chi connectivity index (χ3n) is 3.26. The molecule has 1 heterocycles. The van der Waals surface area contributed by atoms with Crippen molar-refractivity contribution in [1.29, 1.82) is 0 Å². The normalized spacial score (nSPS) is 11.6. The number of rotatable bonds is 5. The lowest BCUT2D eigenvalue weighted by molar-refractivity contribution is 0.298. The van der Waals surface area contributed by atoms with Crippen LogP contribution >= 0.6 is 0 Å². The van der Waals surface area contributed by atoms with Gasteiger partial charge in [-0.05, 0) is 43.7 Å². The van der Waals surface area contributed by atoms with Crippen molar-refractivity contribution in [2.24, 2.45) is 0 Å². The zero-order valence-electron chi connectivity index (χ0n) is 12.4. The van der Waals surface area contributed by atoms with Gasteiger partial charge in [0.1, 0.15) is 19.0 Å². The molecule has 0 amide bonds. The van der Waals surface area contributed by atoms with Crippen molar-refractivity contribution in [1.82, 2.24) is 9.78 Å². The molecule has 2 rings (SSSR count). The number of aliphatic hydroxyl groups is 1. The number of hydrogen-bond acceptors (Lipinski definition) is 3. The summed E-state index contributed by atoms with van der Waals surface area (Å²) in [6.45, 7) is 4.61. The van der Waals surface area contributed by atoms with Crippen LogP contribution in [0.2, 0.25) is 0 Å². The molecule has 4 heteroatoms. The molecular formula is C17H20N2O2. The molecule has 2 aromatic rings. The van der Waals surface area contributed by atoms with Gasteiger partial charge < -0.3 is 9.84 Å². The van der Waals surface area contributed by atoms with Crippen molar-refractivity contribution in [2.45, 2.75) is 32.9 Å². The van der Waals surface area contributed by atoms with Crippen LogP contribution in [-0.4, -0.2) is 21.5 Å². The summed E-state index contributed by atoms with van der Waals surface area (Å²) in [6, 6.07) is 9.86. The molecular weight excluding hydrogens is 264 g/mol. The van der Waals surface area contributed by atoms with E-state index in [1.165, 1.54) is 0 Å². The highest BCUT2D eigenvalue weighted by molar-refractivity contribution is 5.38. The topological polar surface area (TPSA) is 47.3 Å². The van der Waals surface area contributed by atoms with Crippen LogP contribution in [0.15, 0.2) is 36.5 Å². The van der Waals surface area contributed by atoms with Crippen molar-refractivity contribution in [3.63, 3.8) is 0 Å². The van der Waals surface area contributed by atoms with Crippen molar-refractivity contribution in [3.8, 4) is 17.6 Å². The molecule has 1 N–H and O–H groups in total.